The fourth-order valence-corrected chi connectivity index (χ4v) is 11.5. The molecule has 3 heterocycles. The molecular formula is C48H44GeIrN2S-2. The third-order valence-corrected chi connectivity index (χ3v) is 14.8. The summed E-state index contributed by atoms with van der Waals surface area (Å²) in [6.07, 6.45) is 2.39. The van der Waals surface area contributed by atoms with E-state index in [2.05, 4.69) is 139 Å². The summed E-state index contributed by atoms with van der Waals surface area (Å²) in [5, 5.41) is 2.41. The van der Waals surface area contributed by atoms with Crippen LogP contribution in [0.3, 0.4) is 0 Å². The van der Waals surface area contributed by atoms with Crippen molar-refractivity contribution in [2.45, 2.75) is 44.4 Å². The number of aromatic nitrogens is 2. The van der Waals surface area contributed by atoms with E-state index >= 15 is 0 Å². The number of aryl methyl sites for hydroxylation is 1. The van der Waals surface area contributed by atoms with E-state index in [1.54, 1.807) is 23.6 Å². The molecule has 0 spiro atoms. The van der Waals surface area contributed by atoms with Gasteiger partial charge in [0.15, 0.2) is 0 Å². The topological polar surface area (TPSA) is 25.8 Å². The maximum Gasteiger partial charge on any atom is 0.0318 e. The first kappa shape index (κ1) is 35.8. The number of benzene rings is 5. The molecular weight excluding hydrogens is 901 g/mol. The molecule has 2 nitrogen and oxygen atoms in total. The van der Waals surface area contributed by atoms with Crippen molar-refractivity contribution < 1.29 is 22.8 Å². The second-order valence-electron chi connectivity index (χ2n) is 14.5. The minimum Gasteiger partial charge on any atom is -0.305 e. The zero-order valence-corrected chi connectivity index (χ0v) is 36.3. The van der Waals surface area contributed by atoms with Gasteiger partial charge in [-0.2, -0.15) is 11.3 Å². The van der Waals surface area contributed by atoms with E-state index < -0.39 is 19.6 Å². The second kappa shape index (κ2) is 16.9. The second-order valence-corrected chi connectivity index (χ2v) is 26.1. The Kier molecular flexibility index (Phi) is 11.4. The Morgan fingerprint density at radius 3 is 2.04 bits per heavy atom. The normalized spacial score (nSPS) is 12.1. The molecule has 0 fully saturated rings. The zero-order chi connectivity index (χ0) is 38.0. The first-order valence-electron chi connectivity index (χ1n) is 18.8. The molecule has 0 N–H and O–H groups in total. The average molecular weight is 948 g/mol. The quantitative estimate of drug-likeness (QED) is 0.118. The van der Waals surface area contributed by atoms with Gasteiger partial charge in [-0.1, -0.05) is 73.3 Å². The van der Waals surface area contributed by atoms with Gasteiger partial charge in [-0.3, -0.25) is 0 Å². The van der Waals surface area contributed by atoms with Gasteiger partial charge >= 0.3 is 142 Å². The molecule has 0 amide bonds. The molecule has 0 atom stereocenters. The van der Waals surface area contributed by atoms with Crippen molar-refractivity contribution in [2.75, 3.05) is 0 Å². The molecule has 8 aromatic rings. The maximum atomic E-state index is 8.47. The van der Waals surface area contributed by atoms with Crippen LogP contribution >= 0.6 is 11.3 Å². The molecule has 0 saturated heterocycles. The van der Waals surface area contributed by atoms with Crippen LogP contribution in [0.2, 0.25) is 17.3 Å². The predicted molar refractivity (Wildman–Crippen MR) is 227 cm³/mol. The fraction of sp³-hybridized carbons (Fsp3) is 0.167. The first-order valence-corrected chi connectivity index (χ1v) is 26.0. The first-order chi connectivity index (χ1) is 25.9. The van der Waals surface area contributed by atoms with Crippen molar-refractivity contribution in [3.8, 4) is 44.8 Å². The summed E-state index contributed by atoms with van der Waals surface area (Å²) in [5.74, 6) is 7.10. The predicted octanol–water partition coefficient (Wildman–Crippen LogP) is 12.8. The van der Waals surface area contributed by atoms with Gasteiger partial charge in [-0.15, -0.1) is 23.8 Å². The molecule has 1 radical (unpaired) electrons. The molecule has 5 aromatic carbocycles. The third-order valence-electron chi connectivity index (χ3n) is 9.12. The Morgan fingerprint density at radius 1 is 0.698 bits per heavy atom. The number of fused-ring (bicyclic) bond motifs is 3. The fourth-order valence-electron chi connectivity index (χ4n) is 6.65. The minimum atomic E-state index is -1.85. The molecule has 0 saturated carbocycles. The van der Waals surface area contributed by atoms with Crippen molar-refractivity contribution >= 4 is 49.2 Å². The molecule has 0 unspecified atom stereocenters. The molecule has 53 heavy (non-hydrogen) atoms. The van der Waals surface area contributed by atoms with Crippen LogP contribution in [0.25, 0.3) is 64.9 Å². The van der Waals surface area contributed by atoms with Gasteiger partial charge in [-0.25, -0.2) is 0 Å². The number of hydrogen-bond acceptors (Lipinski definition) is 3. The van der Waals surface area contributed by atoms with Gasteiger partial charge in [0.25, 0.3) is 0 Å². The standard InChI is InChI=1S/C27H22NS.C21H22GeN.Ir/c1-18(2)15-19-13-14-28-25(16-19)24-10-6-9-23-22-12-11-21(17-26(22)29-27(23)24)20-7-4-3-5-8-20;1-16-13-21(23-15-20(16)22(2,3)4)19-12-8-11-18(14-19)17-9-6-5-7-10-17;/h3-9,11-14,16-18H,15H2,1-2H3;5-11,13-15H,1-4H3;/q2*-1;/i15D2;;. The average Bonchev–Trinajstić information content (AvgIpc) is 3.56. The van der Waals surface area contributed by atoms with Crippen LogP contribution < -0.4 is 4.40 Å². The Labute approximate surface area is 337 Å². The maximum absolute atomic E-state index is 8.47. The van der Waals surface area contributed by atoms with Crippen molar-refractivity contribution in [3.63, 3.8) is 0 Å². The molecule has 267 valence electrons. The third kappa shape index (κ3) is 8.96. The van der Waals surface area contributed by atoms with E-state index in [9.17, 15) is 0 Å². The largest absolute Gasteiger partial charge is 0.305 e. The van der Waals surface area contributed by atoms with Gasteiger partial charge in [0.1, 0.15) is 0 Å². The monoisotopic (exact) mass is 949 g/mol. The molecule has 0 bridgehead atoms. The van der Waals surface area contributed by atoms with Gasteiger partial charge < -0.3 is 4.98 Å². The number of hydrogen-bond donors (Lipinski definition) is 0. The molecule has 0 aliphatic rings. The Balaban J connectivity index is 0.000000192. The Morgan fingerprint density at radius 2 is 1.38 bits per heavy atom. The number of rotatable bonds is 7. The van der Waals surface area contributed by atoms with Crippen molar-refractivity contribution in [2.24, 2.45) is 5.92 Å². The molecule has 3 aromatic heterocycles. The van der Waals surface area contributed by atoms with Crippen molar-refractivity contribution in [1.82, 2.24) is 9.97 Å². The van der Waals surface area contributed by atoms with Gasteiger partial charge in [-0.05, 0) is 51.3 Å². The number of nitrogens with zero attached hydrogens (tertiary/aromatic N) is 2. The van der Waals surface area contributed by atoms with E-state index in [-0.39, 0.29) is 26.0 Å². The van der Waals surface area contributed by atoms with Crippen LogP contribution in [0.15, 0.2) is 140 Å². The van der Waals surface area contributed by atoms with Gasteiger partial charge in [0, 0.05) is 33.7 Å². The van der Waals surface area contributed by atoms with Crippen LogP contribution in [-0.4, -0.2) is 23.2 Å². The van der Waals surface area contributed by atoms with Crippen LogP contribution in [0.5, 0.6) is 0 Å². The van der Waals surface area contributed by atoms with Crippen molar-refractivity contribution in [1.29, 1.82) is 0 Å². The van der Waals surface area contributed by atoms with E-state index in [0.29, 0.717) is 5.56 Å². The van der Waals surface area contributed by atoms with Crippen LogP contribution in [0.4, 0.5) is 0 Å². The van der Waals surface area contributed by atoms with Crippen molar-refractivity contribution in [3.05, 3.63) is 163 Å². The number of pyridine rings is 2. The van der Waals surface area contributed by atoms with E-state index in [0.717, 1.165) is 27.2 Å². The molecule has 5 heteroatoms. The minimum absolute atomic E-state index is 0. The summed E-state index contributed by atoms with van der Waals surface area (Å²) in [6.45, 7) is 6.02. The molecule has 0 aliphatic heterocycles. The van der Waals surface area contributed by atoms with E-state index in [4.69, 9.17) is 7.73 Å². The van der Waals surface area contributed by atoms with Crippen LogP contribution in [-0.2, 0) is 26.5 Å². The summed E-state index contributed by atoms with van der Waals surface area (Å²) >= 11 is -0.100. The summed E-state index contributed by atoms with van der Waals surface area (Å²) in [6, 6.07) is 50.4. The summed E-state index contributed by atoms with van der Waals surface area (Å²) in [5.41, 5.74) is 10.6. The van der Waals surface area contributed by atoms with Gasteiger partial charge in [0.05, 0.1) is 0 Å². The number of thiophene rings is 1. The Hall–Kier alpha value is -4.19. The zero-order valence-electron chi connectivity index (χ0n) is 33.0. The smallest absolute Gasteiger partial charge is 0.0318 e. The molecule has 0 aliphatic carbocycles. The van der Waals surface area contributed by atoms with Crippen LogP contribution in [0.1, 0.15) is 27.7 Å². The van der Waals surface area contributed by atoms with Crippen LogP contribution in [0, 0.1) is 25.0 Å². The Bertz CT molecular complexity index is 2560. The summed E-state index contributed by atoms with van der Waals surface area (Å²) < 4.78 is 20.8. The van der Waals surface area contributed by atoms with Gasteiger partial charge in [0.2, 0.25) is 0 Å². The SMILES string of the molecule is Cc1cc(-c2[c-]ccc(-c3ccccc3)c2)nc[c]1[Ge]([CH3])([CH3])[CH3].[2H]C([2H])(c1ccnc(-c2[c-]ccc3c2sc2cc(-c4ccccc4)ccc23)c1)C(C)C.[Ir]. The summed E-state index contributed by atoms with van der Waals surface area (Å²) in [7, 11) is 0. The summed E-state index contributed by atoms with van der Waals surface area (Å²) in [4.78, 5) is 9.30. The van der Waals surface area contributed by atoms with E-state index in [1.165, 1.54) is 47.7 Å². The molecule has 8 rings (SSSR count). The van der Waals surface area contributed by atoms with E-state index in [1.807, 2.05) is 44.2 Å².